The zero-order valence-corrected chi connectivity index (χ0v) is 16.2. The molecule has 1 atom stereocenters. The third-order valence-electron chi connectivity index (χ3n) is 5.29. The summed E-state index contributed by atoms with van der Waals surface area (Å²) >= 11 is 0. The summed E-state index contributed by atoms with van der Waals surface area (Å²) in [6.45, 7) is 12.4. The van der Waals surface area contributed by atoms with Crippen LogP contribution in [0, 0.1) is 12.8 Å². The van der Waals surface area contributed by atoms with Gasteiger partial charge in [-0.15, -0.1) is 0 Å². The number of carbonyl (C=O) groups excluding carboxylic acids is 1. The molecule has 7 nitrogen and oxygen atoms in total. The molecule has 0 aromatic carbocycles. The average molecular weight is 361 g/mol. The standard InChI is InChI=1S/C19H31N5O2/c1-14-4-6-24(7-5-14)19-20-12-17(16(3)22-19)18(25)21-15(2)13-23-8-10-26-11-9-23/h12,14-15H,4-11,13H2,1-3H3,(H,21,25)/t15-/m0/s1. The van der Waals surface area contributed by atoms with Crippen molar-refractivity contribution in [2.75, 3.05) is 50.8 Å². The number of hydrogen-bond donors (Lipinski definition) is 1. The maximum absolute atomic E-state index is 12.6. The summed E-state index contributed by atoms with van der Waals surface area (Å²) in [6, 6.07) is 0.0725. The van der Waals surface area contributed by atoms with Crippen molar-refractivity contribution in [1.82, 2.24) is 20.2 Å². The van der Waals surface area contributed by atoms with Crippen LogP contribution >= 0.6 is 0 Å². The SMILES string of the molecule is Cc1nc(N2CCC(C)CC2)ncc1C(=O)N[C@@H](C)CN1CCOCC1. The summed E-state index contributed by atoms with van der Waals surface area (Å²) in [5, 5.41) is 3.07. The lowest BCUT2D eigenvalue weighted by Gasteiger charge is -2.30. The van der Waals surface area contributed by atoms with E-state index in [1.807, 2.05) is 13.8 Å². The zero-order chi connectivity index (χ0) is 18.5. The smallest absolute Gasteiger partial charge is 0.254 e. The maximum Gasteiger partial charge on any atom is 0.254 e. The van der Waals surface area contributed by atoms with E-state index >= 15 is 0 Å². The number of anilines is 1. The Labute approximate surface area is 156 Å². The fraction of sp³-hybridized carbons (Fsp3) is 0.737. The minimum atomic E-state index is -0.0953. The van der Waals surface area contributed by atoms with Gasteiger partial charge in [0.1, 0.15) is 0 Å². The molecule has 0 radical (unpaired) electrons. The molecule has 2 aliphatic rings. The molecular weight excluding hydrogens is 330 g/mol. The lowest BCUT2D eigenvalue weighted by molar-refractivity contribution is 0.0342. The van der Waals surface area contributed by atoms with E-state index < -0.39 is 0 Å². The van der Waals surface area contributed by atoms with Gasteiger partial charge in [0.05, 0.1) is 24.5 Å². The Morgan fingerprint density at radius 1 is 1.31 bits per heavy atom. The van der Waals surface area contributed by atoms with E-state index in [0.29, 0.717) is 5.56 Å². The lowest BCUT2D eigenvalue weighted by atomic mass is 10.00. The van der Waals surface area contributed by atoms with Crippen LogP contribution in [0.15, 0.2) is 6.20 Å². The summed E-state index contributed by atoms with van der Waals surface area (Å²) in [7, 11) is 0. The molecule has 2 aliphatic heterocycles. The summed E-state index contributed by atoms with van der Waals surface area (Å²) < 4.78 is 5.36. The van der Waals surface area contributed by atoms with E-state index in [0.717, 1.165) is 63.5 Å². The highest BCUT2D eigenvalue weighted by atomic mass is 16.5. The summed E-state index contributed by atoms with van der Waals surface area (Å²) in [4.78, 5) is 26.2. The molecule has 1 aromatic heterocycles. The first-order chi connectivity index (χ1) is 12.5. The van der Waals surface area contributed by atoms with Crippen molar-refractivity contribution in [2.45, 2.75) is 39.7 Å². The van der Waals surface area contributed by atoms with Gasteiger partial charge in [-0.3, -0.25) is 9.69 Å². The van der Waals surface area contributed by atoms with Crippen LogP contribution in [0.4, 0.5) is 5.95 Å². The Morgan fingerprint density at radius 3 is 2.65 bits per heavy atom. The second-order valence-electron chi connectivity index (χ2n) is 7.63. The van der Waals surface area contributed by atoms with Gasteiger partial charge in [-0.05, 0) is 32.6 Å². The topological polar surface area (TPSA) is 70.6 Å². The second kappa shape index (κ2) is 8.77. The molecule has 1 amide bonds. The number of amides is 1. The molecule has 0 saturated carbocycles. The summed E-state index contributed by atoms with van der Waals surface area (Å²) in [6.07, 6.45) is 4.01. The number of aromatic nitrogens is 2. The fourth-order valence-corrected chi connectivity index (χ4v) is 3.56. The minimum Gasteiger partial charge on any atom is -0.379 e. The Morgan fingerprint density at radius 2 is 2.00 bits per heavy atom. The number of aryl methyl sites for hydroxylation is 1. The molecule has 1 aromatic rings. The Bertz CT molecular complexity index is 610. The van der Waals surface area contributed by atoms with Crippen molar-refractivity contribution >= 4 is 11.9 Å². The maximum atomic E-state index is 12.6. The van der Waals surface area contributed by atoms with E-state index in [2.05, 4.69) is 32.0 Å². The molecule has 0 bridgehead atoms. The van der Waals surface area contributed by atoms with Crippen LogP contribution in [0.2, 0.25) is 0 Å². The molecule has 2 saturated heterocycles. The van der Waals surface area contributed by atoms with E-state index in [1.54, 1.807) is 6.20 Å². The average Bonchev–Trinajstić information content (AvgIpc) is 2.63. The van der Waals surface area contributed by atoms with Gasteiger partial charge >= 0.3 is 0 Å². The molecule has 26 heavy (non-hydrogen) atoms. The molecule has 3 rings (SSSR count). The first-order valence-corrected chi connectivity index (χ1v) is 9.72. The van der Waals surface area contributed by atoms with Gasteiger partial charge < -0.3 is 15.0 Å². The number of rotatable bonds is 5. The van der Waals surface area contributed by atoms with E-state index in [-0.39, 0.29) is 11.9 Å². The largest absolute Gasteiger partial charge is 0.379 e. The Hall–Kier alpha value is -1.73. The van der Waals surface area contributed by atoms with E-state index in [1.165, 1.54) is 12.8 Å². The highest BCUT2D eigenvalue weighted by Gasteiger charge is 2.21. The van der Waals surface area contributed by atoms with Crippen LogP contribution in [0.25, 0.3) is 0 Å². The van der Waals surface area contributed by atoms with Gasteiger partial charge in [0.25, 0.3) is 5.91 Å². The summed E-state index contributed by atoms with van der Waals surface area (Å²) in [5.74, 6) is 1.42. The van der Waals surface area contributed by atoms with Crippen molar-refractivity contribution in [1.29, 1.82) is 0 Å². The molecule has 144 valence electrons. The van der Waals surface area contributed by atoms with E-state index in [9.17, 15) is 4.79 Å². The Balaban J connectivity index is 1.56. The predicted molar refractivity (Wildman–Crippen MR) is 102 cm³/mol. The van der Waals surface area contributed by atoms with Gasteiger partial charge in [0.15, 0.2) is 0 Å². The molecule has 0 spiro atoms. The minimum absolute atomic E-state index is 0.0725. The highest BCUT2D eigenvalue weighted by molar-refractivity contribution is 5.95. The van der Waals surface area contributed by atoms with Crippen molar-refractivity contribution in [3.63, 3.8) is 0 Å². The molecule has 0 unspecified atom stereocenters. The van der Waals surface area contributed by atoms with Crippen LogP contribution in [-0.2, 0) is 4.74 Å². The molecule has 7 heteroatoms. The number of carbonyl (C=O) groups is 1. The number of nitrogens with zero attached hydrogens (tertiary/aromatic N) is 4. The van der Waals surface area contributed by atoms with Gasteiger partial charge in [-0.2, -0.15) is 0 Å². The molecular formula is C19H31N5O2. The zero-order valence-electron chi connectivity index (χ0n) is 16.2. The number of nitrogens with one attached hydrogen (secondary N) is 1. The van der Waals surface area contributed by atoms with Crippen LogP contribution in [0.1, 0.15) is 42.7 Å². The monoisotopic (exact) mass is 361 g/mol. The van der Waals surface area contributed by atoms with Crippen molar-refractivity contribution in [3.8, 4) is 0 Å². The molecule has 3 heterocycles. The predicted octanol–water partition coefficient (Wildman–Crippen LogP) is 1.47. The van der Waals surface area contributed by atoms with Gasteiger partial charge in [-0.25, -0.2) is 9.97 Å². The van der Waals surface area contributed by atoms with Crippen LogP contribution in [0.5, 0.6) is 0 Å². The second-order valence-corrected chi connectivity index (χ2v) is 7.63. The lowest BCUT2D eigenvalue weighted by Crippen LogP contribution is -2.46. The van der Waals surface area contributed by atoms with E-state index in [4.69, 9.17) is 4.74 Å². The van der Waals surface area contributed by atoms with Gasteiger partial charge in [0.2, 0.25) is 5.95 Å². The van der Waals surface area contributed by atoms with Crippen LogP contribution in [0.3, 0.4) is 0 Å². The van der Waals surface area contributed by atoms with Gasteiger partial charge in [-0.1, -0.05) is 6.92 Å². The number of morpholine rings is 1. The quantitative estimate of drug-likeness (QED) is 0.856. The first-order valence-electron chi connectivity index (χ1n) is 9.72. The number of piperidine rings is 1. The number of hydrogen-bond acceptors (Lipinski definition) is 6. The van der Waals surface area contributed by atoms with Crippen molar-refractivity contribution in [2.24, 2.45) is 5.92 Å². The number of ether oxygens (including phenoxy) is 1. The van der Waals surface area contributed by atoms with Crippen LogP contribution in [-0.4, -0.2) is 72.8 Å². The molecule has 2 fully saturated rings. The van der Waals surface area contributed by atoms with Crippen LogP contribution < -0.4 is 10.2 Å². The fourth-order valence-electron chi connectivity index (χ4n) is 3.56. The molecule has 0 aliphatic carbocycles. The molecule has 1 N–H and O–H groups in total. The third-order valence-corrected chi connectivity index (χ3v) is 5.29. The van der Waals surface area contributed by atoms with Gasteiger partial charge in [0, 0.05) is 45.0 Å². The Kier molecular flexibility index (Phi) is 6.43. The highest BCUT2D eigenvalue weighted by Crippen LogP contribution is 2.20. The summed E-state index contributed by atoms with van der Waals surface area (Å²) in [5.41, 5.74) is 1.30. The normalized spacial score (nSPS) is 20.8. The van der Waals surface area contributed by atoms with Crippen molar-refractivity contribution in [3.05, 3.63) is 17.5 Å². The van der Waals surface area contributed by atoms with Crippen molar-refractivity contribution < 1.29 is 9.53 Å². The third kappa shape index (κ3) is 4.92. The first kappa shape index (κ1) is 19.0.